The minimum atomic E-state index is -1.24. The summed E-state index contributed by atoms with van der Waals surface area (Å²) in [6.45, 7) is -0.367. The average molecular weight is 889 g/mol. The van der Waals surface area contributed by atoms with Crippen molar-refractivity contribution in [1.82, 2.24) is 29.8 Å². The summed E-state index contributed by atoms with van der Waals surface area (Å²) < 4.78 is 5.52. The average Bonchev–Trinajstić information content (AvgIpc) is 3.53. The molecule has 22 heteroatoms. The SMILES string of the molecule is O=C(O)CN1CCN(CC(=O)O)CCN(CC(=O)NCC(=O)C[C@@H](Cc2ccc(OCC(=O)C[C@@H](CCCCN3C(=O)C=CC3=O)C(=O)O)cc2)C(=O)O)CCN(CC(=O)O)CC1. The van der Waals surface area contributed by atoms with Gasteiger partial charge in [0.05, 0.1) is 44.6 Å². The van der Waals surface area contributed by atoms with Crippen LogP contribution in [0.5, 0.6) is 5.75 Å². The van der Waals surface area contributed by atoms with Crippen LogP contribution in [0.4, 0.5) is 0 Å². The van der Waals surface area contributed by atoms with Crippen molar-refractivity contribution in [1.29, 1.82) is 0 Å². The molecule has 0 saturated carbocycles. The Morgan fingerprint density at radius 2 is 1.03 bits per heavy atom. The Bertz CT molecular complexity index is 1790. The first kappa shape index (κ1) is 51.3. The quantitative estimate of drug-likeness (QED) is 0.0461. The molecular weight excluding hydrogens is 832 g/mol. The summed E-state index contributed by atoms with van der Waals surface area (Å²) >= 11 is 0. The van der Waals surface area contributed by atoms with Gasteiger partial charge in [0.25, 0.3) is 11.8 Å². The van der Waals surface area contributed by atoms with E-state index in [0.29, 0.717) is 18.4 Å². The number of rotatable bonds is 26. The van der Waals surface area contributed by atoms with E-state index in [1.807, 2.05) is 0 Å². The van der Waals surface area contributed by atoms with Crippen molar-refractivity contribution in [2.75, 3.05) is 98.2 Å². The summed E-state index contributed by atoms with van der Waals surface area (Å²) in [5, 5.41) is 50.2. The fourth-order valence-corrected chi connectivity index (χ4v) is 6.96. The number of nitrogens with one attached hydrogen (secondary N) is 1. The van der Waals surface area contributed by atoms with Gasteiger partial charge in [-0.3, -0.25) is 72.4 Å². The summed E-state index contributed by atoms with van der Waals surface area (Å²) in [4.78, 5) is 128. The topological polar surface area (TPSA) is 309 Å². The van der Waals surface area contributed by atoms with Crippen LogP contribution in [0.15, 0.2) is 36.4 Å². The van der Waals surface area contributed by atoms with E-state index in [0.717, 1.165) is 17.1 Å². The Hall–Kier alpha value is -6.10. The molecule has 0 aromatic heterocycles. The van der Waals surface area contributed by atoms with Crippen LogP contribution in [0.1, 0.15) is 37.7 Å². The highest BCUT2D eigenvalue weighted by Gasteiger charge is 2.26. The fourth-order valence-electron chi connectivity index (χ4n) is 6.96. The zero-order chi connectivity index (χ0) is 46.5. The number of Topliss-reactive ketones (excluding diaryl/α,β-unsaturated/α-hetero) is 2. The Morgan fingerprint density at radius 3 is 1.48 bits per heavy atom. The number of nitrogens with zero attached hydrogens (tertiary/aromatic N) is 5. The Labute approximate surface area is 363 Å². The lowest BCUT2D eigenvalue weighted by Crippen LogP contribution is -2.50. The van der Waals surface area contributed by atoms with Crippen molar-refractivity contribution in [2.24, 2.45) is 11.8 Å². The number of imide groups is 1. The molecule has 2 heterocycles. The lowest BCUT2D eigenvalue weighted by Gasteiger charge is -2.32. The predicted molar refractivity (Wildman–Crippen MR) is 219 cm³/mol. The highest BCUT2D eigenvalue weighted by Crippen LogP contribution is 2.19. The number of amides is 3. The van der Waals surface area contributed by atoms with Gasteiger partial charge in [-0.25, -0.2) is 0 Å². The second-order valence-electron chi connectivity index (χ2n) is 15.4. The monoisotopic (exact) mass is 888 g/mol. The molecule has 2 atom stereocenters. The van der Waals surface area contributed by atoms with E-state index in [2.05, 4.69) is 5.32 Å². The van der Waals surface area contributed by atoms with Crippen LogP contribution >= 0.6 is 0 Å². The van der Waals surface area contributed by atoms with Crippen molar-refractivity contribution in [2.45, 2.75) is 38.5 Å². The maximum atomic E-state index is 13.0. The standard InChI is InChI=1S/C41H56N6O16/c48-31(22-42-34(50)23-43-11-13-44(24-37(53)54)15-17-46(26-39(57)58)18-16-45(14-12-43)25-38(55)56)21-30(41(61)62)19-28-4-6-33(7-5-28)63-27-32(49)20-29(40(59)60)3-1-2-10-47-35(51)8-9-36(47)52/h4-9,29-30H,1-3,10-27H2,(H,42,50)(H,53,54)(H,55,56)(H,57,58)(H,59,60)(H,61,62)/t29-,30-/m1/s1. The molecule has 1 saturated heterocycles. The third-order valence-electron chi connectivity index (χ3n) is 10.4. The Morgan fingerprint density at radius 1 is 0.587 bits per heavy atom. The lowest BCUT2D eigenvalue weighted by molar-refractivity contribution is -0.144. The van der Waals surface area contributed by atoms with E-state index in [1.54, 1.807) is 31.7 Å². The highest BCUT2D eigenvalue weighted by atomic mass is 16.5. The summed E-state index contributed by atoms with van der Waals surface area (Å²) in [6.07, 6.45) is 2.49. The van der Waals surface area contributed by atoms with Crippen molar-refractivity contribution in [3.05, 3.63) is 42.0 Å². The molecule has 346 valence electrons. The minimum Gasteiger partial charge on any atom is -0.486 e. The van der Waals surface area contributed by atoms with Gasteiger partial charge >= 0.3 is 29.8 Å². The van der Waals surface area contributed by atoms with Gasteiger partial charge in [-0.2, -0.15) is 0 Å². The first-order valence-corrected chi connectivity index (χ1v) is 20.4. The third kappa shape index (κ3) is 20.1. The second kappa shape index (κ2) is 26.4. The fraction of sp³-hybridized carbons (Fsp3) is 0.561. The van der Waals surface area contributed by atoms with E-state index in [4.69, 9.17) is 4.74 Å². The molecule has 0 bridgehead atoms. The van der Waals surface area contributed by atoms with Crippen LogP contribution in [0.3, 0.4) is 0 Å². The maximum absolute atomic E-state index is 13.0. The summed E-state index contributed by atoms with van der Waals surface area (Å²) in [7, 11) is 0. The van der Waals surface area contributed by atoms with Crippen molar-refractivity contribution in [3.8, 4) is 5.75 Å². The molecule has 6 N–H and O–H groups in total. The number of carboxylic acids is 5. The number of carbonyl (C=O) groups is 10. The second-order valence-corrected chi connectivity index (χ2v) is 15.4. The van der Waals surface area contributed by atoms with Gasteiger partial charge < -0.3 is 35.6 Å². The largest absolute Gasteiger partial charge is 0.486 e. The zero-order valence-corrected chi connectivity index (χ0v) is 34.9. The maximum Gasteiger partial charge on any atom is 0.317 e. The van der Waals surface area contributed by atoms with Crippen molar-refractivity contribution < 1.29 is 78.2 Å². The van der Waals surface area contributed by atoms with E-state index in [9.17, 15) is 73.5 Å². The summed E-state index contributed by atoms with van der Waals surface area (Å²) in [6, 6.07) is 6.13. The van der Waals surface area contributed by atoms with Gasteiger partial charge in [-0.15, -0.1) is 0 Å². The molecule has 2 aliphatic rings. The number of ether oxygens (including phenoxy) is 1. The first-order chi connectivity index (χ1) is 29.9. The molecule has 63 heavy (non-hydrogen) atoms. The molecule has 3 amide bonds. The number of carbonyl (C=O) groups excluding carboxylic acids is 5. The van der Waals surface area contributed by atoms with Crippen LogP contribution in [0, 0.1) is 11.8 Å². The normalized spacial score (nSPS) is 17.0. The number of hydrogen-bond acceptors (Lipinski definition) is 15. The predicted octanol–water partition coefficient (Wildman–Crippen LogP) is -1.39. The van der Waals surface area contributed by atoms with Gasteiger partial charge in [0.2, 0.25) is 5.91 Å². The Balaban J connectivity index is 1.47. The Kier molecular flexibility index (Phi) is 21.5. The molecule has 0 radical (unpaired) electrons. The lowest BCUT2D eigenvalue weighted by atomic mass is 9.94. The highest BCUT2D eigenvalue weighted by molar-refractivity contribution is 6.12. The van der Waals surface area contributed by atoms with E-state index >= 15 is 0 Å². The molecule has 3 rings (SSSR count). The number of hydrogen-bond donors (Lipinski definition) is 6. The van der Waals surface area contributed by atoms with Crippen LogP contribution in [-0.4, -0.2) is 207 Å². The summed E-state index contributed by atoms with van der Waals surface area (Å²) in [5.41, 5.74) is 0.538. The summed E-state index contributed by atoms with van der Waals surface area (Å²) in [5.74, 6) is -9.99. The van der Waals surface area contributed by atoms with Gasteiger partial charge in [0.15, 0.2) is 11.6 Å². The van der Waals surface area contributed by atoms with E-state index in [-0.39, 0.29) is 110 Å². The van der Waals surface area contributed by atoms with Crippen LogP contribution in [0.25, 0.3) is 0 Å². The molecule has 0 aliphatic carbocycles. The van der Waals surface area contributed by atoms with Gasteiger partial charge in [0, 0.05) is 83.9 Å². The molecule has 0 unspecified atom stereocenters. The van der Waals surface area contributed by atoms with Gasteiger partial charge in [-0.1, -0.05) is 18.6 Å². The van der Waals surface area contributed by atoms with E-state index in [1.165, 1.54) is 12.1 Å². The number of benzene rings is 1. The van der Waals surface area contributed by atoms with Crippen LogP contribution < -0.4 is 10.1 Å². The molecule has 1 fully saturated rings. The minimum absolute atomic E-state index is 0.0490. The number of ketones is 2. The number of unbranched alkanes of at least 4 members (excludes halogenated alkanes) is 1. The molecule has 0 spiro atoms. The molecule has 2 aliphatic heterocycles. The third-order valence-corrected chi connectivity index (χ3v) is 10.4. The van der Waals surface area contributed by atoms with Crippen molar-refractivity contribution in [3.63, 3.8) is 0 Å². The zero-order valence-electron chi connectivity index (χ0n) is 34.9. The van der Waals surface area contributed by atoms with Gasteiger partial charge in [0.1, 0.15) is 12.4 Å². The molecule has 1 aromatic rings. The van der Waals surface area contributed by atoms with Crippen molar-refractivity contribution >= 4 is 59.1 Å². The smallest absolute Gasteiger partial charge is 0.317 e. The van der Waals surface area contributed by atoms with Gasteiger partial charge in [-0.05, 0) is 37.0 Å². The molecule has 22 nitrogen and oxygen atoms in total. The first-order valence-electron chi connectivity index (χ1n) is 20.4. The molecule has 1 aromatic carbocycles. The van der Waals surface area contributed by atoms with Crippen LogP contribution in [-0.2, 0) is 54.4 Å². The van der Waals surface area contributed by atoms with Crippen LogP contribution in [0.2, 0.25) is 0 Å². The van der Waals surface area contributed by atoms with E-state index < -0.39 is 90.5 Å². The molecular formula is C41H56N6O16. The number of aliphatic carboxylic acids is 5. The number of carboxylic acid groups (broad SMARTS) is 5.